The number of amides is 1. The molecule has 0 aliphatic heterocycles. The molecule has 2 rings (SSSR count). The molecule has 0 spiro atoms. The molecule has 2 aromatic carbocycles. The summed E-state index contributed by atoms with van der Waals surface area (Å²) in [6, 6.07) is 10.8. The van der Waals surface area contributed by atoms with Crippen LogP contribution in [-0.2, 0) is 4.79 Å². The molecule has 24 heavy (non-hydrogen) atoms. The second kappa shape index (κ2) is 8.16. The summed E-state index contributed by atoms with van der Waals surface area (Å²) < 4.78 is 10.5. The molecule has 0 saturated heterocycles. The van der Waals surface area contributed by atoms with Gasteiger partial charge in [0.1, 0.15) is 5.75 Å². The first kappa shape index (κ1) is 17.6. The van der Waals surface area contributed by atoms with Crippen molar-refractivity contribution in [1.82, 2.24) is 0 Å². The Morgan fingerprint density at radius 2 is 1.92 bits per heavy atom. The summed E-state index contributed by atoms with van der Waals surface area (Å²) in [6.07, 6.45) is 0. The lowest BCUT2D eigenvalue weighted by Crippen LogP contribution is -2.20. The fraction of sp³-hybridized carbons (Fsp3) is 0.188. The molecule has 0 radical (unpaired) electrons. The van der Waals surface area contributed by atoms with Gasteiger partial charge in [-0.15, -0.1) is 0 Å². The van der Waals surface area contributed by atoms with Crippen molar-refractivity contribution >= 4 is 28.9 Å². The maximum Gasteiger partial charge on any atom is 0.312 e. The number of nitro groups is 1. The minimum absolute atomic E-state index is 0.0220. The number of hydrogen-bond donors (Lipinski definition) is 1. The molecule has 0 unspecified atom stereocenters. The molecule has 0 heterocycles. The lowest BCUT2D eigenvalue weighted by molar-refractivity contribution is -0.385. The second-order valence-corrected chi connectivity index (χ2v) is 5.10. The number of carbonyl (C=O) groups is 1. The lowest BCUT2D eigenvalue weighted by atomic mass is 10.3. The highest BCUT2D eigenvalue weighted by Crippen LogP contribution is 2.29. The highest BCUT2D eigenvalue weighted by atomic mass is 35.5. The van der Waals surface area contributed by atoms with Gasteiger partial charge in [0.25, 0.3) is 5.91 Å². The number of nitrogens with one attached hydrogen (secondary N) is 1. The summed E-state index contributed by atoms with van der Waals surface area (Å²) in [5, 5.41) is 13.8. The zero-order valence-electron chi connectivity index (χ0n) is 12.8. The van der Waals surface area contributed by atoms with Gasteiger partial charge in [0.2, 0.25) is 0 Å². The van der Waals surface area contributed by atoms with E-state index in [0.29, 0.717) is 18.0 Å². The van der Waals surface area contributed by atoms with Gasteiger partial charge in [-0.2, -0.15) is 0 Å². The van der Waals surface area contributed by atoms with Crippen LogP contribution in [0.4, 0.5) is 11.4 Å². The highest BCUT2D eigenvalue weighted by molar-refractivity contribution is 6.30. The Bertz CT molecular complexity index is 734. The van der Waals surface area contributed by atoms with E-state index in [0.717, 1.165) is 0 Å². The van der Waals surface area contributed by atoms with Gasteiger partial charge in [0, 0.05) is 16.8 Å². The third kappa shape index (κ3) is 4.85. The molecule has 1 N–H and O–H groups in total. The number of nitrogens with zero attached hydrogens (tertiary/aromatic N) is 1. The summed E-state index contributed by atoms with van der Waals surface area (Å²) >= 11 is 5.72. The zero-order valence-corrected chi connectivity index (χ0v) is 13.6. The van der Waals surface area contributed by atoms with Crippen LogP contribution in [-0.4, -0.2) is 24.0 Å². The topological polar surface area (TPSA) is 90.7 Å². The zero-order chi connectivity index (χ0) is 17.5. The Kier molecular flexibility index (Phi) is 5.97. The fourth-order valence-corrected chi connectivity index (χ4v) is 2.06. The van der Waals surface area contributed by atoms with Crippen LogP contribution in [0.5, 0.6) is 11.5 Å². The first-order valence-electron chi connectivity index (χ1n) is 7.09. The normalized spacial score (nSPS) is 10.1. The number of halogens is 1. The summed E-state index contributed by atoms with van der Waals surface area (Å²) in [7, 11) is 0. The molecule has 0 saturated carbocycles. The van der Waals surface area contributed by atoms with Gasteiger partial charge >= 0.3 is 5.69 Å². The van der Waals surface area contributed by atoms with Crippen LogP contribution in [0.2, 0.25) is 5.02 Å². The van der Waals surface area contributed by atoms with Crippen LogP contribution in [0.15, 0.2) is 42.5 Å². The third-order valence-electron chi connectivity index (χ3n) is 2.93. The second-order valence-electron chi connectivity index (χ2n) is 4.66. The quantitative estimate of drug-likeness (QED) is 0.607. The van der Waals surface area contributed by atoms with E-state index in [2.05, 4.69) is 5.32 Å². The molecule has 0 bridgehead atoms. The van der Waals surface area contributed by atoms with Gasteiger partial charge in [-0.25, -0.2) is 0 Å². The predicted molar refractivity (Wildman–Crippen MR) is 89.8 cm³/mol. The number of rotatable bonds is 7. The SMILES string of the molecule is CCOc1ccc(NC(=O)COc2ccc(Cl)cc2[N+](=O)[O-])cc1. The first-order chi connectivity index (χ1) is 11.5. The molecular weight excluding hydrogens is 336 g/mol. The van der Waals surface area contributed by atoms with E-state index in [1.165, 1.54) is 18.2 Å². The van der Waals surface area contributed by atoms with E-state index in [9.17, 15) is 14.9 Å². The van der Waals surface area contributed by atoms with Gasteiger partial charge in [-0.05, 0) is 43.3 Å². The van der Waals surface area contributed by atoms with Crippen LogP contribution in [0.3, 0.4) is 0 Å². The average Bonchev–Trinajstić information content (AvgIpc) is 2.55. The maximum absolute atomic E-state index is 11.9. The van der Waals surface area contributed by atoms with Crippen molar-refractivity contribution in [2.45, 2.75) is 6.92 Å². The Morgan fingerprint density at radius 3 is 2.54 bits per heavy atom. The van der Waals surface area contributed by atoms with Crippen LogP contribution < -0.4 is 14.8 Å². The van der Waals surface area contributed by atoms with Crippen molar-refractivity contribution < 1.29 is 19.2 Å². The van der Waals surface area contributed by atoms with Crippen LogP contribution >= 0.6 is 11.6 Å². The van der Waals surface area contributed by atoms with Gasteiger partial charge < -0.3 is 14.8 Å². The van der Waals surface area contributed by atoms with Crippen molar-refractivity contribution in [3.8, 4) is 11.5 Å². The number of hydrogen-bond acceptors (Lipinski definition) is 5. The molecule has 0 atom stereocenters. The summed E-state index contributed by atoms with van der Waals surface area (Å²) in [5.41, 5.74) is 0.272. The highest BCUT2D eigenvalue weighted by Gasteiger charge is 2.16. The van der Waals surface area contributed by atoms with Crippen molar-refractivity contribution in [2.24, 2.45) is 0 Å². The number of ether oxygens (including phenoxy) is 2. The van der Waals surface area contributed by atoms with Crippen molar-refractivity contribution in [1.29, 1.82) is 0 Å². The van der Waals surface area contributed by atoms with E-state index in [-0.39, 0.29) is 23.1 Å². The Balaban J connectivity index is 1.95. The molecule has 0 aliphatic carbocycles. The van der Waals surface area contributed by atoms with Gasteiger partial charge in [0.15, 0.2) is 12.4 Å². The van der Waals surface area contributed by atoms with Crippen LogP contribution in [0.25, 0.3) is 0 Å². The van der Waals surface area contributed by atoms with Crippen LogP contribution in [0.1, 0.15) is 6.92 Å². The Labute approximate surface area is 143 Å². The van der Waals surface area contributed by atoms with Crippen molar-refractivity contribution in [3.63, 3.8) is 0 Å². The monoisotopic (exact) mass is 350 g/mol. The largest absolute Gasteiger partial charge is 0.494 e. The molecule has 0 aliphatic rings. The fourth-order valence-electron chi connectivity index (χ4n) is 1.90. The number of carbonyl (C=O) groups excluding carboxylic acids is 1. The number of nitro benzene ring substituents is 1. The van der Waals surface area contributed by atoms with E-state index < -0.39 is 10.8 Å². The maximum atomic E-state index is 11.9. The molecule has 2 aromatic rings. The van der Waals surface area contributed by atoms with Gasteiger partial charge in [-0.1, -0.05) is 11.6 Å². The Hall–Kier alpha value is -2.80. The predicted octanol–water partition coefficient (Wildman–Crippen LogP) is 3.66. The molecule has 0 aromatic heterocycles. The minimum atomic E-state index is -0.619. The van der Waals surface area contributed by atoms with Gasteiger partial charge in [0.05, 0.1) is 11.5 Å². The molecule has 126 valence electrons. The molecule has 7 nitrogen and oxygen atoms in total. The van der Waals surface area contributed by atoms with Crippen molar-refractivity contribution in [2.75, 3.05) is 18.5 Å². The smallest absolute Gasteiger partial charge is 0.312 e. The standard InChI is InChI=1S/C16H15ClN2O5/c1-2-23-13-6-4-12(5-7-13)18-16(20)10-24-15-8-3-11(17)9-14(15)19(21)22/h3-9H,2,10H2,1H3,(H,18,20). The average molecular weight is 351 g/mol. The summed E-state index contributed by atoms with van der Waals surface area (Å²) in [5.74, 6) is 0.234. The van der Waals surface area contributed by atoms with Gasteiger partial charge in [-0.3, -0.25) is 14.9 Å². The van der Waals surface area contributed by atoms with Crippen molar-refractivity contribution in [3.05, 3.63) is 57.6 Å². The number of anilines is 1. The Morgan fingerprint density at radius 1 is 1.21 bits per heavy atom. The lowest BCUT2D eigenvalue weighted by Gasteiger charge is -2.09. The minimum Gasteiger partial charge on any atom is -0.494 e. The van der Waals surface area contributed by atoms with Crippen LogP contribution in [0, 0.1) is 10.1 Å². The molecule has 0 fully saturated rings. The summed E-state index contributed by atoms with van der Waals surface area (Å²) in [4.78, 5) is 22.2. The van der Waals surface area contributed by atoms with E-state index >= 15 is 0 Å². The van der Waals surface area contributed by atoms with E-state index in [4.69, 9.17) is 21.1 Å². The molecule has 1 amide bonds. The first-order valence-corrected chi connectivity index (χ1v) is 7.47. The van der Waals surface area contributed by atoms with E-state index in [1.807, 2.05) is 6.92 Å². The third-order valence-corrected chi connectivity index (χ3v) is 3.16. The van der Waals surface area contributed by atoms with E-state index in [1.54, 1.807) is 24.3 Å². The summed E-state index contributed by atoms with van der Waals surface area (Å²) in [6.45, 7) is 2.07. The molecular formula is C16H15ClN2O5. The molecule has 8 heteroatoms. The number of benzene rings is 2.